The summed E-state index contributed by atoms with van der Waals surface area (Å²) in [5.41, 5.74) is 4.65. The minimum absolute atomic E-state index is 0.710. The van der Waals surface area contributed by atoms with Crippen molar-refractivity contribution in [1.82, 2.24) is 0 Å². The summed E-state index contributed by atoms with van der Waals surface area (Å²) in [7, 11) is 0. The quantitative estimate of drug-likeness (QED) is 0.291. The Morgan fingerprint density at radius 1 is 0.621 bits per heavy atom. The van der Waals surface area contributed by atoms with Crippen LogP contribution in [0.25, 0.3) is 0 Å². The number of halogens is 1. The first-order valence-corrected chi connectivity index (χ1v) is 10.4. The molecule has 0 N–H and O–H groups in total. The average molecular weight is 439 g/mol. The van der Waals surface area contributed by atoms with E-state index >= 15 is 0 Å². The summed E-state index contributed by atoms with van der Waals surface area (Å²) in [6.07, 6.45) is 6.35. The van der Waals surface area contributed by atoms with E-state index in [0.29, 0.717) is 6.61 Å². The van der Waals surface area contributed by atoms with Crippen LogP contribution in [0.2, 0.25) is 0 Å². The summed E-state index contributed by atoms with van der Waals surface area (Å²) in [4.78, 5) is 0. The van der Waals surface area contributed by atoms with E-state index in [-0.39, 0.29) is 0 Å². The van der Waals surface area contributed by atoms with Crippen LogP contribution < -0.4 is 4.74 Å². The van der Waals surface area contributed by atoms with Gasteiger partial charge in [-0.3, -0.25) is 0 Å². The molecular formula is C27H19BrO. The standard InChI is InChI=1S/C27H19BrO/c1-2-22-4-6-23(7-5-22)8-9-24-10-12-25(13-11-24)14-15-26-16-18-27(19-17-26)29-21-3-20-28/h1,4-7,10-13,16-19H,3,20-21H2. The smallest absolute Gasteiger partial charge is 0.119 e. The number of alkyl halides is 1. The highest BCUT2D eigenvalue weighted by molar-refractivity contribution is 9.09. The second-order valence-electron chi connectivity index (χ2n) is 6.21. The molecule has 0 saturated heterocycles. The Bertz CT molecular complexity index is 1090. The lowest BCUT2D eigenvalue weighted by molar-refractivity contribution is 0.319. The van der Waals surface area contributed by atoms with Gasteiger partial charge in [0.15, 0.2) is 0 Å². The van der Waals surface area contributed by atoms with Gasteiger partial charge in [-0.25, -0.2) is 0 Å². The molecule has 0 aliphatic heterocycles. The van der Waals surface area contributed by atoms with Crippen molar-refractivity contribution in [2.75, 3.05) is 11.9 Å². The molecule has 2 heteroatoms. The van der Waals surface area contributed by atoms with E-state index in [4.69, 9.17) is 11.2 Å². The fraction of sp³-hybridized carbons (Fsp3) is 0.111. The Balaban J connectivity index is 1.61. The van der Waals surface area contributed by atoms with Crippen LogP contribution in [-0.2, 0) is 0 Å². The Kier molecular flexibility index (Phi) is 7.60. The summed E-state index contributed by atoms with van der Waals surface area (Å²) < 4.78 is 5.64. The molecule has 0 atom stereocenters. The van der Waals surface area contributed by atoms with Crippen LogP contribution in [-0.4, -0.2) is 11.9 Å². The van der Waals surface area contributed by atoms with Gasteiger partial charge in [0.05, 0.1) is 6.61 Å². The van der Waals surface area contributed by atoms with E-state index in [0.717, 1.165) is 45.3 Å². The van der Waals surface area contributed by atoms with Gasteiger partial charge in [0.1, 0.15) is 5.75 Å². The van der Waals surface area contributed by atoms with E-state index in [1.165, 1.54) is 0 Å². The molecule has 0 heterocycles. The third-order valence-corrected chi connectivity index (χ3v) is 4.60. The number of hydrogen-bond acceptors (Lipinski definition) is 1. The zero-order valence-corrected chi connectivity index (χ0v) is 17.5. The van der Waals surface area contributed by atoms with E-state index in [2.05, 4.69) is 45.5 Å². The van der Waals surface area contributed by atoms with Crippen LogP contribution in [0.1, 0.15) is 34.2 Å². The van der Waals surface area contributed by atoms with E-state index in [1.54, 1.807) is 0 Å². The molecule has 0 aliphatic rings. The maximum Gasteiger partial charge on any atom is 0.119 e. The topological polar surface area (TPSA) is 9.23 Å². The number of benzene rings is 3. The van der Waals surface area contributed by atoms with Crippen molar-refractivity contribution < 1.29 is 4.74 Å². The lowest BCUT2D eigenvalue weighted by Gasteiger charge is -2.04. The van der Waals surface area contributed by atoms with Gasteiger partial charge in [0.25, 0.3) is 0 Å². The summed E-state index contributed by atoms with van der Waals surface area (Å²) >= 11 is 3.39. The molecule has 0 aromatic heterocycles. The second kappa shape index (κ2) is 10.8. The number of terminal acetylenes is 1. The fourth-order valence-corrected chi connectivity index (χ4v) is 2.68. The van der Waals surface area contributed by atoms with E-state index in [1.807, 2.05) is 72.8 Å². The van der Waals surface area contributed by atoms with E-state index < -0.39 is 0 Å². The third kappa shape index (κ3) is 6.62. The van der Waals surface area contributed by atoms with Gasteiger partial charge in [-0.2, -0.15) is 0 Å². The normalized spacial score (nSPS) is 9.38. The highest BCUT2D eigenvalue weighted by Crippen LogP contribution is 2.12. The van der Waals surface area contributed by atoms with Gasteiger partial charge in [0, 0.05) is 33.1 Å². The molecule has 1 nitrogen and oxygen atoms in total. The Labute approximate surface area is 181 Å². The maximum atomic E-state index is 5.64. The first kappa shape index (κ1) is 20.4. The highest BCUT2D eigenvalue weighted by atomic mass is 79.9. The van der Waals surface area contributed by atoms with E-state index in [9.17, 15) is 0 Å². The van der Waals surface area contributed by atoms with Gasteiger partial charge in [0.2, 0.25) is 0 Å². The molecule has 0 unspecified atom stereocenters. The van der Waals surface area contributed by atoms with Gasteiger partial charge in [-0.05, 0) is 79.2 Å². The third-order valence-electron chi connectivity index (χ3n) is 4.04. The molecule has 3 aromatic rings. The lowest BCUT2D eigenvalue weighted by Crippen LogP contribution is -1.97. The van der Waals surface area contributed by atoms with Crippen LogP contribution in [0.5, 0.6) is 5.75 Å². The Morgan fingerprint density at radius 3 is 1.38 bits per heavy atom. The number of rotatable bonds is 4. The zero-order valence-electron chi connectivity index (χ0n) is 15.9. The predicted octanol–water partition coefficient (Wildman–Crippen LogP) is 5.63. The minimum atomic E-state index is 0.710. The molecular weight excluding hydrogens is 420 g/mol. The van der Waals surface area contributed by atoms with Crippen molar-refractivity contribution in [3.63, 3.8) is 0 Å². The monoisotopic (exact) mass is 438 g/mol. The SMILES string of the molecule is C#Cc1ccc(C#Cc2ccc(C#Cc3ccc(OCCCBr)cc3)cc2)cc1. The fourth-order valence-electron chi connectivity index (χ4n) is 2.45. The molecule has 0 amide bonds. The molecule has 0 radical (unpaired) electrons. The van der Waals surface area contributed by atoms with Crippen LogP contribution in [0.3, 0.4) is 0 Å². The second-order valence-corrected chi connectivity index (χ2v) is 7.01. The molecule has 29 heavy (non-hydrogen) atoms. The lowest BCUT2D eigenvalue weighted by atomic mass is 10.1. The predicted molar refractivity (Wildman–Crippen MR) is 123 cm³/mol. The molecule has 0 saturated carbocycles. The van der Waals surface area contributed by atoms with Crippen LogP contribution in [0.4, 0.5) is 0 Å². The zero-order chi connectivity index (χ0) is 20.3. The molecule has 0 spiro atoms. The minimum Gasteiger partial charge on any atom is -0.494 e. The van der Waals surface area contributed by atoms with Gasteiger partial charge in [-0.15, -0.1) is 6.42 Å². The molecule has 0 aliphatic carbocycles. The van der Waals surface area contributed by atoms with Gasteiger partial charge in [-0.1, -0.05) is 45.5 Å². The van der Waals surface area contributed by atoms with Gasteiger partial charge >= 0.3 is 0 Å². The summed E-state index contributed by atoms with van der Waals surface area (Å²) in [6.45, 7) is 0.710. The van der Waals surface area contributed by atoms with Crippen molar-refractivity contribution in [2.24, 2.45) is 0 Å². The first-order chi connectivity index (χ1) is 14.3. The van der Waals surface area contributed by atoms with Gasteiger partial charge < -0.3 is 4.74 Å². The van der Waals surface area contributed by atoms with Crippen LogP contribution in [0.15, 0.2) is 72.8 Å². The maximum absolute atomic E-state index is 5.64. The number of ether oxygens (including phenoxy) is 1. The van der Waals surface area contributed by atoms with Crippen molar-refractivity contribution in [2.45, 2.75) is 6.42 Å². The molecule has 0 fully saturated rings. The highest BCUT2D eigenvalue weighted by Gasteiger charge is 1.94. The number of hydrogen-bond donors (Lipinski definition) is 0. The van der Waals surface area contributed by atoms with Crippen molar-refractivity contribution in [1.29, 1.82) is 0 Å². The van der Waals surface area contributed by atoms with Crippen LogP contribution >= 0.6 is 15.9 Å². The van der Waals surface area contributed by atoms with Crippen LogP contribution in [0, 0.1) is 36.0 Å². The average Bonchev–Trinajstić information content (AvgIpc) is 2.78. The molecule has 140 valence electrons. The summed E-state index contributed by atoms with van der Waals surface area (Å²) in [6, 6.07) is 23.4. The molecule has 3 aromatic carbocycles. The van der Waals surface area contributed by atoms with Crippen molar-refractivity contribution in [3.8, 4) is 41.8 Å². The molecule has 3 rings (SSSR count). The summed E-state index contributed by atoms with van der Waals surface area (Å²) in [5, 5.41) is 0.945. The first-order valence-electron chi connectivity index (χ1n) is 9.26. The van der Waals surface area contributed by atoms with Crippen molar-refractivity contribution in [3.05, 3.63) is 101 Å². The molecule has 0 bridgehead atoms. The largest absolute Gasteiger partial charge is 0.494 e. The Hall–Kier alpha value is -3.38. The summed E-state index contributed by atoms with van der Waals surface area (Å²) in [5.74, 6) is 16.1. The van der Waals surface area contributed by atoms with Crippen molar-refractivity contribution >= 4 is 15.9 Å². The Morgan fingerprint density at radius 2 is 1.00 bits per heavy atom.